The Hall–Kier alpha value is -1.05. The molecule has 0 saturated carbocycles. The molecule has 0 atom stereocenters. The van der Waals surface area contributed by atoms with E-state index in [9.17, 15) is 0 Å². The molecular weight excluding hydrogens is 302 g/mol. The summed E-state index contributed by atoms with van der Waals surface area (Å²) in [5.41, 5.74) is 2.55. The number of hydrogen-bond acceptors (Lipinski definition) is 7. The van der Waals surface area contributed by atoms with Crippen LogP contribution in [0, 0.1) is 0 Å². The van der Waals surface area contributed by atoms with Gasteiger partial charge in [-0.15, -0.1) is 11.3 Å². The van der Waals surface area contributed by atoms with Crippen LogP contribution in [-0.2, 0) is 6.42 Å². The maximum atomic E-state index is 5.46. The van der Waals surface area contributed by atoms with Crippen molar-refractivity contribution in [3.8, 4) is 0 Å². The number of hydrazine groups is 1. The normalized spacial score (nSPS) is 11.0. The lowest BCUT2D eigenvalue weighted by molar-refractivity contribution is 0.748. The van der Waals surface area contributed by atoms with Crippen LogP contribution in [0.3, 0.4) is 0 Å². The van der Waals surface area contributed by atoms with E-state index in [4.69, 9.17) is 5.84 Å². The maximum absolute atomic E-state index is 5.46. The number of thioether (sulfide) groups is 1. The third-order valence-electron chi connectivity index (χ3n) is 3.24. The third-order valence-corrected chi connectivity index (χ3v) is 5.11. The second kappa shape index (κ2) is 8.41. The van der Waals surface area contributed by atoms with E-state index in [1.165, 1.54) is 23.5 Å². The molecule has 0 bridgehead atoms. The first-order chi connectivity index (χ1) is 10.3. The molecule has 2 rings (SSSR count). The fourth-order valence-corrected chi connectivity index (χ4v) is 3.56. The lowest BCUT2D eigenvalue weighted by Crippen LogP contribution is -2.12. The second-order valence-corrected chi connectivity index (χ2v) is 6.91. The van der Waals surface area contributed by atoms with E-state index >= 15 is 0 Å². The van der Waals surface area contributed by atoms with Gasteiger partial charge in [-0.3, -0.25) is 5.43 Å². The molecule has 0 unspecified atom stereocenters. The van der Waals surface area contributed by atoms with Crippen LogP contribution in [0.2, 0.25) is 0 Å². The summed E-state index contributed by atoms with van der Waals surface area (Å²) < 4.78 is 0. The van der Waals surface area contributed by atoms with Crippen LogP contribution in [0.15, 0.2) is 6.07 Å². The number of nitrogens with zero attached hydrogens (tertiary/aromatic N) is 2. The van der Waals surface area contributed by atoms with Gasteiger partial charge in [-0.05, 0) is 37.3 Å². The molecule has 2 aromatic heterocycles. The van der Waals surface area contributed by atoms with Crippen molar-refractivity contribution in [1.29, 1.82) is 0 Å². The quantitative estimate of drug-likeness (QED) is 0.372. The van der Waals surface area contributed by atoms with Gasteiger partial charge in [-0.2, -0.15) is 16.7 Å². The molecule has 2 heterocycles. The van der Waals surface area contributed by atoms with Gasteiger partial charge in [-0.1, -0.05) is 13.3 Å². The molecule has 4 N–H and O–H groups in total. The Labute approximate surface area is 134 Å². The minimum Gasteiger partial charge on any atom is -0.369 e. The molecule has 0 radical (unpaired) electrons. The van der Waals surface area contributed by atoms with E-state index in [0.29, 0.717) is 5.95 Å². The van der Waals surface area contributed by atoms with E-state index in [1.54, 1.807) is 11.3 Å². The van der Waals surface area contributed by atoms with Crippen molar-refractivity contribution in [1.82, 2.24) is 9.97 Å². The molecule has 0 aliphatic heterocycles. The summed E-state index contributed by atoms with van der Waals surface area (Å²) in [5, 5.41) is 4.53. The second-order valence-electron chi connectivity index (χ2n) is 4.81. The molecule has 0 aliphatic rings. The molecule has 2 aromatic rings. The predicted molar refractivity (Wildman–Crippen MR) is 95.3 cm³/mol. The number of nitrogens with one attached hydrogen (secondary N) is 2. The highest BCUT2D eigenvalue weighted by atomic mass is 32.2. The van der Waals surface area contributed by atoms with Gasteiger partial charge in [0.1, 0.15) is 10.6 Å². The topological polar surface area (TPSA) is 75.9 Å². The number of hydrogen-bond donors (Lipinski definition) is 3. The first-order valence-corrected chi connectivity index (χ1v) is 9.49. The molecule has 0 fully saturated rings. The van der Waals surface area contributed by atoms with Crippen molar-refractivity contribution < 1.29 is 0 Å². The van der Waals surface area contributed by atoms with Gasteiger partial charge in [0.25, 0.3) is 0 Å². The van der Waals surface area contributed by atoms with Gasteiger partial charge < -0.3 is 5.32 Å². The zero-order chi connectivity index (χ0) is 15.1. The fourth-order valence-electron chi connectivity index (χ4n) is 2.10. The Morgan fingerprint density at radius 1 is 1.29 bits per heavy atom. The van der Waals surface area contributed by atoms with Crippen molar-refractivity contribution in [2.75, 3.05) is 29.3 Å². The summed E-state index contributed by atoms with van der Waals surface area (Å²) in [6, 6.07) is 2.18. The first kappa shape index (κ1) is 16.3. The molecule has 0 aliphatic carbocycles. The number of anilines is 2. The molecule has 0 spiro atoms. The van der Waals surface area contributed by atoms with E-state index in [-0.39, 0.29) is 0 Å². The Kier molecular flexibility index (Phi) is 6.53. The standard InChI is InChI=1S/C14H23N5S2/c1-3-10-9-11-12(16-7-5-4-6-8-20-2)17-14(19-15)18-13(11)21-10/h9H,3-8,15H2,1-2H3,(H2,16,17,18,19). The van der Waals surface area contributed by atoms with Crippen molar-refractivity contribution in [2.45, 2.75) is 32.6 Å². The van der Waals surface area contributed by atoms with Gasteiger partial charge in [0, 0.05) is 11.4 Å². The first-order valence-electron chi connectivity index (χ1n) is 7.28. The average Bonchev–Trinajstić information content (AvgIpc) is 2.93. The molecule has 0 aromatic carbocycles. The van der Waals surface area contributed by atoms with Gasteiger partial charge in [0.2, 0.25) is 5.95 Å². The summed E-state index contributed by atoms with van der Waals surface area (Å²) in [5.74, 6) is 8.05. The average molecular weight is 326 g/mol. The smallest absolute Gasteiger partial charge is 0.240 e. The van der Waals surface area contributed by atoms with E-state index in [2.05, 4.69) is 40.0 Å². The van der Waals surface area contributed by atoms with E-state index < -0.39 is 0 Å². The largest absolute Gasteiger partial charge is 0.369 e. The molecule has 0 amide bonds. The summed E-state index contributed by atoms with van der Waals surface area (Å²) in [7, 11) is 0. The highest BCUT2D eigenvalue weighted by molar-refractivity contribution is 7.98. The van der Waals surface area contributed by atoms with Crippen LogP contribution in [0.4, 0.5) is 11.8 Å². The minimum absolute atomic E-state index is 0.469. The highest BCUT2D eigenvalue weighted by Gasteiger charge is 2.10. The maximum Gasteiger partial charge on any atom is 0.240 e. The Balaban J connectivity index is 2.04. The predicted octanol–water partition coefficient (Wildman–Crippen LogP) is 3.48. The lowest BCUT2D eigenvalue weighted by atomic mass is 10.2. The zero-order valence-electron chi connectivity index (χ0n) is 12.6. The number of rotatable bonds is 9. The fraction of sp³-hybridized carbons (Fsp3) is 0.571. The molecule has 7 heteroatoms. The Morgan fingerprint density at radius 3 is 2.86 bits per heavy atom. The van der Waals surface area contributed by atoms with Crippen LogP contribution >= 0.6 is 23.1 Å². The molecule has 0 saturated heterocycles. The number of thiophene rings is 1. The summed E-state index contributed by atoms with van der Waals surface area (Å²) in [6.07, 6.45) is 6.84. The van der Waals surface area contributed by atoms with Crippen LogP contribution in [-0.4, -0.2) is 28.5 Å². The third kappa shape index (κ3) is 4.46. The Morgan fingerprint density at radius 2 is 2.14 bits per heavy atom. The lowest BCUT2D eigenvalue weighted by Gasteiger charge is -2.08. The van der Waals surface area contributed by atoms with Gasteiger partial charge >= 0.3 is 0 Å². The van der Waals surface area contributed by atoms with E-state index in [1.807, 2.05) is 11.8 Å². The minimum atomic E-state index is 0.469. The van der Waals surface area contributed by atoms with Gasteiger partial charge in [0.15, 0.2) is 0 Å². The molecular formula is C14H23N5S2. The monoisotopic (exact) mass is 325 g/mol. The SMILES string of the molecule is CCc1cc2c(NCCCCCSC)nc(NN)nc2s1. The van der Waals surface area contributed by atoms with Crippen molar-refractivity contribution in [3.63, 3.8) is 0 Å². The number of aryl methyl sites for hydroxylation is 1. The van der Waals surface area contributed by atoms with Gasteiger partial charge in [0.05, 0.1) is 5.39 Å². The number of fused-ring (bicyclic) bond motifs is 1. The number of aromatic nitrogens is 2. The molecule has 5 nitrogen and oxygen atoms in total. The summed E-state index contributed by atoms with van der Waals surface area (Å²) in [4.78, 5) is 11.2. The number of nitrogen functional groups attached to an aromatic ring is 1. The Bertz CT molecular complexity index is 570. The van der Waals surface area contributed by atoms with Crippen LogP contribution < -0.4 is 16.6 Å². The van der Waals surface area contributed by atoms with Gasteiger partial charge in [-0.25, -0.2) is 10.8 Å². The number of unbranched alkanes of at least 4 members (excludes halogenated alkanes) is 2. The van der Waals surface area contributed by atoms with Crippen LogP contribution in [0.1, 0.15) is 31.1 Å². The molecule has 116 valence electrons. The van der Waals surface area contributed by atoms with Crippen molar-refractivity contribution in [2.24, 2.45) is 5.84 Å². The van der Waals surface area contributed by atoms with E-state index in [0.717, 1.165) is 35.4 Å². The highest BCUT2D eigenvalue weighted by Crippen LogP contribution is 2.30. The van der Waals surface area contributed by atoms with Crippen molar-refractivity contribution >= 4 is 45.1 Å². The van der Waals surface area contributed by atoms with Crippen molar-refractivity contribution in [3.05, 3.63) is 10.9 Å². The number of nitrogens with two attached hydrogens (primary N) is 1. The van der Waals surface area contributed by atoms with Crippen LogP contribution in [0.5, 0.6) is 0 Å². The summed E-state index contributed by atoms with van der Waals surface area (Å²) in [6.45, 7) is 3.08. The van der Waals surface area contributed by atoms with Crippen LogP contribution in [0.25, 0.3) is 10.2 Å². The zero-order valence-corrected chi connectivity index (χ0v) is 14.2. The molecule has 21 heavy (non-hydrogen) atoms. The summed E-state index contributed by atoms with van der Waals surface area (Å²) >= 11 is 3.61.